The molecule has 2 aliphatic carbocycles. The van der Waals surface area contributed by atoms with Crippen molar-refractivity contribution in [1.82, 2.24) is 15.2 Å². The van der Waals surface area contributed by atoms with Crippen molar-refractivity contribution in [2.45, 2.75) is 70.5 Å². The van der Waals surface area contributed by atoms with Crippen LogP contribution < -0.4 is 5.32 Å². The number of aromatic nitrogens is 1. The molecular weight excluding hydrogens is 366 g/mol. The first-order valence-corrected chi connectivity index (χ1v) is 11.8. The number of fused-ring (bicyclic) bond motifs is 3. The van der Waals surface area contributed by atoms with Crippen LogP contribution in [0.4, 0.5) is 0 Å². The van der Waals surface area contributed by atoms with E-state index in [1.807, 2.05) is 6.07 Å². The summed E-state index contributed by atoms with van der Waals surface area (Å²) in [4.78, 5) is 20.3. The third-order valence-corrected chi connectivity index (χ3v) is 8.71. The van der Waals surface area contributed by atoms with Gasteiger partial charge in [-0.2, -0.15) is 0 Å². The SMILES string of the molecule is CC(NC(=O)C(C)N1CCCC1c1nc2ccccc2s1)C1CC2CCC1C2. The smallest absolute Gasteiger partial charge is 0.237 e. The highest BCUT2D eigenvalue weighted by Gasteiger charge is 2.43. The van der Waals surface area contributed by atoms with Crippen molar-refractivity contribution in [2.75, 3.05) is 6.54 Å². The largest absolute Gasteiger partial charge is 0.352 e. The van der Waals surface area contributed by atoms with Crippen molar-refractivity contribution in [3.05, 3.63) is 29.3 Å². The van der Waals surface area contributed by atoms with Crippen LogP contribution in [-0.2, 0) is 4.79 Å². The summed E-state index contributed by atoms with van der Waals surface area (Å²) in [5, 5.41) is 4.55. The maximum Gasteiger partial charge on any atom is 0.237 e. The highest BCUT2D eigenvalue weighted by atomic mass is 32.1. The zero-order chi connectivity index (χ0) is 19.3. The van der Waals surface area contributed by atoms with E-state index in [9.17, 15) is 4.79 Å². The van der Waals surface area contributed by atoms with Crippen LogP contribution in [0.25, 0.3) is 10.2 Å². The van der Waals surface area contributed by atoms with E-state index in [0.29, 0.717) is 12.0 Å². The van der Waals surface area contributed by atoms with Crippen LogP contribution in [0.5, 0.6) is 0 Å². The lowest BCUT2D eigenvalue weighted by atomic mass is 9.84. The molecule has 1 saturated heterocycles. The summed E-state index contributed by atoms with van der Waals surface area (Å²) in [5.41, 5.74) is 1.08. The van der Waals surface area contributed by atoms with E-state index in [2.05, 4.69) is 42.3 Å². The molecule has 3 aliphatic rings. The average Bonchev–Trinajstić information content (AvgIpc) is 3.49. The van der Waals surface area contributed by atoms with Gasteiger partial charge in [0, 0.05) is 6.04 Å². The lowest BCUT2D eigenvalue weighted by Gasteiger charge is -2.32. The van der Waals surface area contributed by atoms with Gasteiger partial charge in [-0.05, 0) is 82.4 Å². The molecule has 1 N–H and O–H groups in total. The van der Waals surface area contributed by atoms with Crippen molar-refractivity contribution in [1.29, 1.82) is 0 Å². The molecule has 6 atom stereocenters. The number of benzene rings is 1. The van der Waals surface area contributed by atoms with Crippen LogP contribution in [-0.4, -0.2) is 34.4 Å². The van der Waals surface area contributed by atoms with E-state index in [4.69, 9.17) is 4.98 Å². The highest BCUT2D eigenvalue weighted by molar-refractivity contribution is 7.18. The zero-order valence-electron chi connectivity index (χ0n) is 16.9. The van der Waals surface area contributed by atoms with E-state index < -0.39 is 0 Å². The Morgan fingerprint density at radius 1 is 1.21 bits per heavy atom. The molecule has 1 amide bonds. The van der Waals surface area contributed by atoms with E-state index >= 15 is 0 Å². The normalized spacial score (nSPS) is 32.1. The predicted octanol–water partition coefficient (Wildman–Crippen LogP) is 4.76. The Morgan fingerprint density at radius 3 is 2.82 bits per heavy atom. The minimum Gasteiger partial charge on any atom is -0.352 e. The number of amides is 1. The summed E-state index contributed by atoms with van der Waals surface area (Å²) >= 11 is 1.79. The Hall–Kier alpha value is -1.46. The number of nitrogens with zero attached hydrogens (tertiary/aromatic N) is 2. The van der Waals surface area contributed by atoms with Crippen LogP contribution in [0.15, 0.2) is 24.3 Å². The molecule has 2 bridgehead atoms. The molecule has 1 aliphatic heterocycles. The van der Waals surface area contributed by atoms with E-state index in [1.54, 1.807) is 11.3 Å². The highest BCUT2D eigenvalue weighted by Crippen LogP contribution is 2.49. The Bertz CT molecular complexity index is 831. The lowest BCUT2D eigenvalue weighted by molar-refractivity contribution is -0.127. The summed E-state index contributed by atoms with van der Waals surface area (Å²) in [5.74, 6) is 2.66. The summed E-state index contributed by atoms with van der Waals surface area (Å²) in [7, 11) is 0. The summed E-state index contributed by atoms with van der Waals surface area (Å²) < 4.78 is 1.24. The molecule has 2 saturated carbocycles. The molecule has 0 radical (unpaired) electrons. The molecule has 150 valence electrons. The molecule has 2 heterocycles. The second kappa shape index (κ2) is 7.42. The molecule has 0 spiro atoms. The van der Waals surface area contributed by atoms with Gasteiger partial charge in [0.15, 0.2) is 0 Å². The fourth-order valence-corrected chi connectivity index (χ4v) is 7.18. The van der Waals surface area contributed by atoms with Crippen molar-refractivity contribution in [3.63, 3.8) is 0 Å². The first kappa shape index (κ1) is 18.6. The zero-order valence-corrected chi connectivity index (χ0v) is 17.8. The molecule has 6 unspecified atom stereocenters. The van der Waals surface area contributed by atoms with Gasteiger partial charge in [0.05, 0.1) is 22.3 Å². The van der Waals surface area contributed by atoms with Crippen molar-refractivity contribution in [3.8, 4) is 0 Å². The minimum absolute atomic E-state index is 0.0967. The second-order valence-electron chi connectivity index (χ2n) is 9.23. The first-order chi connectivity index (χ1) is 13.6. The van der Waals surface area contributed by atoms with Gasteiger partial charge < -0.3 is 5.32 Å². The van der Waals surface area contributed by atoms with Gasteiger partial charge in [-0.15, -0.1) is 11.3 Å². The predicted molar refractivity (Wildman–Crippen MR) is 114 cm³/mol. The number of hydrogen-bond acceptors (Lipinski definition) is 4. The van der Waals surface area contributed by atoms with Crippen molar-refractivity contribution in [2.24, 2.45) is 17.8 Å². The number of nitrogens with one attached hydrogen (secondary N) is 1. The van der Waals surface area contributed by atoms with Crippen molar-refractivity contribution >= 4 is 27.5 Å². The maximum atomic E-state index is 13.1. The summed E-state index contributed by atoms with van der Waals surface area (Å²) in [6.45, 7) is 5.29. The van der Waals surface area contributed by atoms with Gasteiger partial charge in [-0.1, -0.05) is 18.6 Å². The summed E-state index contributed by atoms with van der Waals surface area (Å²) in [6, 6.07) is 8.82. The van der Waals surface area contributed by atoms with Crippen LogP contribution in [0.2, 0.25) is 0 Å². The third kappa shape index (κ3) is 3.26. The Morgan fingerprint density at radius 2 is 2.07 bits per heavy atom. The van der Waals surface area contributed by atoms with Gasteiger partial charge in [-0.3, -0.25) is 9.69 Å². The first-order valence-electron chi connectivity index (χ1n) is 11.0. The number of thiazole rings is 1. The number of hydrogen-bond donors (Lipinski definition) is 1. The second-order valence-corrected chi connectivity index (χ2v) is 10.3. The van der Waals surface area contributed by atoms with E-state index in [1.165, 1.54) is 35.4 Å². The molecule has 5 rings (SSSR count). The van der Waals surface area contributed by atoms with E-state index in [0.717, 1.165) is 36.7 Å². The maximum absolute atomic E-state index is 13.1. The minimum atomic E-state index is -0.0967. The van der Waals surface area contributed by atoms with Gasteiger partial charge >= 0.3 is 0 Å². The molecular formula is C23H31N3OS. The monoisotopic (exact) mass is 397 g/mol. The van der Waals surface area contributed by atoms with Crippen LogP contribution in [0.3, 0.4) is 0 Å². The Labute approximate surface area is 171 Å². The fourth-order valence-electron chi connectivity index (χ4n) is 6.06. The molecule has 2 aromatic rings. The van der Waals surface area contributed by atoms with Gasteiger partial charge in [0.2, 0.25) is 5.91 Å². The van der Waals surface area contributed by atoms with Gasteiger partial charge in [0.1, 0.15) is 5.01 Å². The van der Waals surface area contributed by atoms with Crippen LogP contribution in [0, 0.1) is 17.8 Å². The molecule has 3 fully saturated rings. The molecule has 5 heteroatoms. The lowest BCUT2D eigenvalue weighted by Crippen LogP contribution is -2.49. The number of para-hydroxylation sites is 1. The van der Waals surface area contributed by atoms with Crippen molar-refractivity contribution < 1.29 is 4.79 Å². The van der Waals surface area contributed by atoms with Gasteiger partial charge in [-0.25, -0.2) is 4.98 Å². The summed E-state index contributed by atoms with van der Waals surface area (Å²) in [6.07, 6.45) is 7.73. The quantitative estimate of drug-likeness (QED) is 0.791. The number of likely N-dealkylation sites (tertiary alicyclic amines) is 1. The Balaban J connectivity index is 1.27. The Kier molecular flexibility index (Phi) is 4.92. The topological polar surface area (TPSA) is 45.2 Å². The fraction of sp³-hybridized carbons (Fsp3) is 0.652. The number of carbonyl (C=O) groups excluding carboxylic acids is 1. The van der Waals surface area contributed by atoms with Gasteiger partial charge in [0.25, 0.3) is 0 Å². The standard InChI is InChI=1S/C23H31N3OS/c1-14(18-13-16-9-10-17(18)12-16)24-22(27)15(2)26-11-5-7-20(26)23-25-19-6-3-4-8-21(19)28-23/h3-4,6,8,14-18,20H,5,7,9-13H2,1-2H3,(H,24,27). The number of carbonyl (C=O) groups is 1. The van der Waals surface area contributed by atoms with Crippen LogP contribution >= 0.6 is 11.3 Å². The number of rotatable bonds is 5. The molecule has 4 nitrogen and oxygen atoms in total. The molecule has 1 aromatic heterocycles. The van der Waals surface area contributed by atoms with E-state index in [-0.39, 0.29) is 18.0 Å². The molecule has 28 heavy (non-hydrogen) atoms. The van der Waals surface area contributed by atoms with Crippen LogP contribution in [0.1, 0.15) is 63.4 Å². The molecule has 1 aromatic carbocycles. The average molecular weight is 398 g/mol. The third-order valence-electron chi connectivity index (χ3n) is 7.57.